The van der Waals surface area contributed by atoms with Crippen LogP contribution < -0.4 is 25.8 Å². The van der Waals surface area contributed by atoms with Crippen LogP contribution >= 0.6 is 0 Å². The van der Waals surface area contributed by atoms with E-state index in [9.17, 15) is 14.7 Å². The number of cyclic esters (lactones) is 1. The van der Waals surface area contributed by atoms with E-state index >= 15 is 0 Å². The van der Waals surface area contributed by atoms with E-state index in [0.717, 1.165) is 45.2 Å². The number of esters is 1. The van der Waals surface area contributed by atoms with Crippen molar-refractivity contribution in [2.24, 2.45) is 5.92 Å². The SMILES string of the molecule is CCC1(O)c2c3c(cn2C=C2C(=O)OCC(=O)CC21)C=c1c(ccc2c1=C(Cc1ccccc1)NCO2)N3. The molecule has 7 rings (SSSR count). The molecule has 5 heterocycles. The fourth-order valence-electron chi connectivity index (χ4n) is 6.21. The number of ether oxygens (including phenoxy) is 2. The smallest absolute Gasteiger partial charge is 0.336 e. The predicted molar refractivity (Wildman–Crippen MR) is 142 cm³/mol. The molecular formula is C30H27N3O5. The summed E-state index contributed by atoms with van der Waals surface area (Å²) in [5.74, 6) is -0.605. The highest BCUT2D eigenvalue weighted by Crippen LogP contribution is 2.49. The summed E-state index contributed by atoms with van der Waals surface area (Å²) < 4.78 is 12.9. The van der Waals surface area contributed by atoms with E-state index in [1.54, 1.807) is 6.20 Å². The van der Waals surface area contributed by atoms with E-state index in [2.05, 4.69) is 28.8 Å². The molecule has 0 saturated carbocycles. The lowest BCUT2D eigenvalue weighted by Gasteiger charge is -2.39. The van der Waals surface area contributed by atoms with Gasteiger partial charge in [0, 0.05) is 58.5 Å². The monoisotopic (exact) mass is 509 g/mol. The Morgan fingerprint density at radius 1 is 1.13 bits per heavy atom. The van der Waals surface area contributed by atoms with Crippen molar-refractivity contribution in [1.29, 1.82) is 0 Å². The predicted octanol–water partition coefficient (Wildman–Crippen LogP) is 2.25. The molecule has 0 spiro atoms. The number of nitrogens with zero attached hydrogens (tertiary/aromatic N) is 1. The first-order chi connectivity index (χ1) is 18.5. The Labute approximate surface area is 218 Å². The lowest BCUT2D eigenvalue weighted by Crippen LogP contribution is -2.43. The quantitative estimate of drug-likeness (QED) is 0.364. The second kappa shape index (κ2) is 8.36. The van der Waals surface area contributed by atoms with Crippen molar-refractivity contribution >= 4 is 41.1 Å². The van der Waals surface area contributed by atoms with Crippen molar-refractivity contribution in [3.63, 3.8) is 0 Å². The largest absolute Gasteiger partial charge is 0.473 e. The molecule has 192 valence electrons. The Bertz CT molecular complexity index is 1670. The summed E-state index contributed by atoms with van der Waals surface area (Å²) >= 11 is 0. The molecule has 4 aliphatic rings. The minimum atomic E-state index is -1.42. The molecule has 0 radical (unpaired) electrons. The third-order valence-corrected chi connectivity index (χ3v) is 8.08. The normalized spacial score (nSPS) is 22.9. The van der Waals surface area contributed by atoms with Gasteiger partial charge in [0.15, 0.2) is 12.5 Å². The molecule has 2 unspecified atom stereocenters. The third-order valence-electron chi connectivity index (χ3n) is 8.08. The maximum atomic E-state index is 12.8. The minimum absolute atomic E-state index is 0.0521. The van der Waals surface area contributed by atoms with Gasteiger partial charge in [-0.1, -0.05) is 37.3 Å². The lowest BCUT2D eigenvalue weighted by atomic mass is 9.73. The molecular weight excluding hydrogens is 482 g/mol. The Hall–Kier alpha value is -4.30. The molecule has 3 aromatic rings. The van der Waals surface area contributed by atoms with Gasteiger partial charge in [0.05, 0.1) is 17.0 Å². The average molecular weight is 510 g/mol. The first-order valence-electron chi connectivity index (χ1n) is 12.9. The van der Waals surface area contributed by atoms with Crippen LogP contribution in [0.2, 0.25) is 0 Å². The Balaban J connectivity index is 1.43. The van der Waals surface area contributed by atoms with Crippen LogP contribution in [0.3, 0.4) is 0 Å². The van der Waals surface area contributed by atoms with Crippen LogP contribution in [0.4, 0.5) is 11.4 Å². The van der Waals surface area contributed by atoms with E-state index in [1.165, 1.54) is 5.56 Å². The molecule has 0 bridgehead atoms. The van der Waals surface area contributed by atoms with Gasteiger partial charge in [0.1, 0.15) is 18.0 Å². The molecule has 0 aliphatic carbocycles. The molecule has 2 aromatic carbocycles. The number of hydrogen-bond acceptors (Lipinski definition) is 7. The summed E-state index contributed by atoms with van der Waals surface area (Å²) in [7, 11) is 0. The van der Waals surface area contributed by atoms with Crippen LogP contribution in [0, 0.1) is 5.92 Å². The Morgan fingerprint density at radius 2 is 1.97 bits per heavy atom. The van der Waals surface area contributed by atoms with Gasteiger partial charge in [-0.05, 0) is 30.2 Å². The lowest BCUT2D eigenvalue weighted by molar-refractivity contribution is -0.142. The number of nitrogens with one attached hydrogen (secondary N) is 2. The Morgan fingerprint density at radius 3 is 2.79 bits per heavy atom. The molecule has 0 amide bonds. The summed E-state index contributed by atoms with van der Waals surface area (Å²) in [6.45, 7) is 2.01. The average Bonchev–Trinajstić information content (AvgIpc) is 3.22. The molecule has 38 heavy (non-hydrogen) atoms. The second-order valence-corrected chi connectivity index (χ2v) is 10.2. The van der Waals surface area contributed by atoms with Gasteiger partial charge in [0.25, 0.3) is 0 Å². The first-order valence-corrected chi connectivity index (χ1v) is 12.9. The molecule has 3 N–H and O–H groups in total. The molecule has 1 saturated heterocycles. The Kier molecular flexibility index (Phi) is 5.03. The summed E-state index contributed by atoms with van der Waals surface area (Å²) in [5.41, 5.74) is 4.38. The summed E-state index contributed by atoms with van der Waals surface area (Å²) in [5, 5.41) is 21.1. The fourth-order valence-corrected chi connectivity index (χ4v) is 6.21. The number of carbonyl (C=O) groups excluding carboxylic acids is 2. The van der Waals surface area contributed by atoms with E-state index in [4.69, 9.17) is 9.47 Å². The molecule has 8 heteroatoms. The van der Waals surface area contributed by atoms with Gasteiger partial charge in [0.2, 0.25) is 0 Å². The number of rotatable bonds is 3. The number of aliphatic hydroxyl groups is 1. The van der Waals surface area contributed by atoms with Crippen molar-refractivity contribution < 1.29 is 24.2 Å². The highest BCUT2D eigenvalue weighted by Gasteiger charge is 2.50. The van der Waals surface area contributed by atoms with Gasteiger partial charge in [-0.25, -0.2) is 4.79 Å². The van der Waals surface area contributed by atoms with Gasteiger partial charge < -0.3 is 29.8 Å². The second-order valence-electron chi connectivity index (χ2n) is 10.2. The highest BCUT2D eigenvalue weighted by molar-refractivity contribution is 5.98. The van der Waals surface area contributed by atoms with Crippen LogP contribution in [0.5, 0.6) is 5.75 Å². The van der Waals surface area contributed by atoms with Crippen LogP contribution in [0.15, 0.2) is 54.2 Å². The minimum Gasteiger partial charge on any atom is -0.473 e. The zero-order valence-electron chi connectivity index (χ0n) is 20.9. The van der Waals surface area contributed by atoms with Crippen molar-refractivity contribution in [3.05, 3.63) is 81.5 Å². The van der Waals surface area contributed by atoms with E-state index in [0.29, 0.717) is 24.4 Å². The third kappa shape index (κ3) is 3.33. The van der Waals surface area contributed by atoms with Crippen molar-refractivity contribution in [2.45, 2.75) is 31.8 Å². The number of carbonyl (C=O) groups is 2. The number of hydrogen-bond donors (Lipinski definition) is 3. The zero-order valence-corrected chi connectivity index (χ0v) is 20.9. The number of anilines is 2. The van der Waals surface area contributed by atoms with Crippen molar-refractivity contribution in [1.82, 2.24) is 9.88 Å². The number of benzene rings is 2. The summed E-state index contributed by atoms with van der Waals surface area (Å²) in [6.07, 6.45) is 6.84. The van der Waals surface area contributed by atoms with Gasteiger partial charge in [-0.2, -0.15) is 0 Å². The van der Waals surface area contributed by atoms with Crippen LogP contribution in [0.25, 0.3) is 18.0 Å². The summed E-state index contributed by atoms with van der Waals surface area (Å²) in [4.78, 5) is 25.2. The van der Waals surface area contributed by atoms with Crippen molar-refractivity contribution in [2.75, 3.05) is 18.7 Å². The van der Waals surface area contributed by atoms with Crippen LogP contribution in [-0.4, -0.2) is 34.8 Å². The molecule has 1 aromatic heterocycles. The van der Waals surface area contributed by atoms with Gasteiger partial charge >= 0.3 is 5.97 Å². The molecule has 2 atom stereocenters. The standard InChI is InChI=1S/C30H27N3O5/c1-2-30(36)22-12-19(34)15-37-29(35)21(22)14-33-13-18-11-20-23(32-27(18)28(30)33)8-9-25-26(20)24(31-16-38-25)10-17-6-4-3-5-7-17/h3-9,11,13-14,22,31-32,36H,2,10,12,15-16H2,1H3. The topological polar surface area (TPSA) is 102 Å². The number of fused-ring (bicyclic) bond motifs is 7. The number of aromatic nitrogens is 1. The number of Topliss-reactive ketones (excluding diaryl/α,β-unsaturated/α-hetero) is 1. The van der Waals surface area contributed by atoms with Crippen molar-refractivity contribution in [3.8, 4) is 5.75 Å². The summed E-state index contributed by atoms with van der Waals surface area (Å²) in [6, 6.07) is 14.3. The van der Waals surface area contributed by atoms with Crippen LogP contribution in [0.1, 0.15) is 36.6 Å². The maximum absolute atomic E-state index is 12.8. The molecule has 8 nitrogen and oxygen atoms in total. The van der Waals surface area contributed by atoms with Gasteiger partial charge in [-0.3, -0.25) is 4.79 Å². The number of ketones is 1. The first kappa shape index (κ1) is 22.9. The highest BCUT2D eigenvalue weighted by atomic mass is 16.5. The van der Waals surface area contributed by atoms with Crippen LogP contribution in [-0.2, 0) is 26.3 Å². The van der Waals surface area contributed by atoms with E-state index in [-0.39, 0.29) is 18.8 Å². The maximum Gasteiger partial charge on any atom is 0.336 e. The van der Waals surface area contributed by atoms with E-state index < -0.39 is 17.5 Å². The van der Waals surface area contributed by atoms with Gasteiger partial charge in [-0.15, -0.1) is 0 Å². The molecule has 4 aliphatic heterocycles. The fraction of sp³-hybridized carbons (Fsp3) is 0.267. The zero-order chi connectivity index (χ0) is 26.0. The molecule has 1 fully saturated rings. The van der Waals surface area contributed by atoms with E-state index in [1.807, 2.05) is 48.0 Å².